The highest BCUT2D eigenvalue weighted by Crippen LogP contribution is 2.30. The maximum atomic E-state index is 5.93. The molecule has 0 unspecified atom stereocenters. The molecule has 0 aliphatic carbocycles. The first-order chi connectivity index (χ1) is 8.49. The summed E-state index contributed by atoms with van der Waals surface area (Å²) in [5.41, 5.74) is 8.36. The molecule has 0 bridgehead atoms. The smallest absolute Gasteiger partial charge is 0.241 e. The van der Waals surface area contributed by atoms with E-state index in [0.717, 1.165) is 17.1 Å². The van der Waals surface area contributed by atoms with Crippen LogP contribution >= 0.6 is 0 Å². The molecular weight excluding hydrogens is 228 g/mol. The van der Waals surface area contributed by atoms with Crippen molar-refractivity contribution in [2.75, 3.05) is 24.7 Å². The Morgan fingerprint density at radius 1 is 1.33 bits per heavy atom. The number of rotatable bonds is 3. The van der Waals surface area contributed by atoms with Crippen LogP contribution in [0.1, 0.15) is 5.69 Å². The zero-order chi connectivity index (χ0) is 13.3. The van der Waals surface area contributed by atoms with Crippen LogP contribution in [0.3, 0.4) is 0 Å². The van der Waals surface area contributed by atoms with Gasteiger partial charge in [-0.25, -0.2) is 4.68 Å². The van der Waals surface area contributed by atoms with E-state index < -0.39 is 0 Å². The zero-order valence-electron chi connectivity index (χ0n) is 11.1. The van der Waals surface area contributed by atoms with Crippen LogP contribution in [0.2, 0.25) is 0 Å². The number of ether oxygens (including phenoxy) is 1. The van der Waals surface area contributed by atoms with Crippen LogP contribution < -0.4 is 15.4 Å². The quantitative estimate of drug-likeness (QED) is 0.901. The first-order valence-corrected chi connectivity index (χ1v) is 5.73. The van der Waals surface area contributed by atoms with Crippen molar-refractivity contribution in [1.29, 1.82) is 0 Å². The number of aryl methyl sites for hydroxylation is 2. The minimum atomic E-state index is 0.573. The van der Waals surface area contributed by atoms with Crippen molar-refractivity contribution in [2.45, 2.75) is 6.92 Å². The van der Waals surface area contributed by atoms with E-state index in [1.54, 1.807) is 4.68 Å². The van der Waals surface area contributed by atoms with Gasteiger partial charge >= 0.3 is 0 Å². The molecule has 18 heavy (non-hydrogen) atoms. The predicted molar refractivity (Wildman–Crippen MR) is 73.2 cm³/mol. The lowest BCUT2D eigenvalue weighted by molar-refractivity contribution is 0.432. The fourth-order valence-corrected chi connectivity index (χ4v) is 1.71. The van der Waals surface area contributed by atoms with Crippen molar-refractivity contribution in [3.8, 4) is 11.6 Å². The second-order valence-corrected chi connectivity index (χ2v) is 4.42. The molecule has 0 saturated carbocycles. The molecule has 2 aromatic rings. The van der Waals surface area contributed by atoms with Gasteiger partial charge in [0.1, 0.15) is 11.4 Å². The third-order valence-corrected chi connectivity index (χ3v) is 2.76. The first kappa shape index (κ1) is 12.3. The highest BCUT2D eigenvalue weighted by molar-refractivity contribution is 5.55. The molecule has 0 atom stereocenters. The number of nitrogens with zero attached hydrogens (tertiary/aromatic N) is 3. The molecule has 0 amide bonds. The summed E-state index contributed by atoms with van der Waals surface area (Å²) in [6.45, 7) is 1.86. The van der Waals surface area contributed by atoms with Crippen LogP contribution in [0.25, 0.3) is 0 Å². The molecule has 0 spiro atoms. The van der Waals surface area contributed by atoms with Gasteiger partial charge in [0, 0.05) is 32.9 Å². The molecule has 96 valence electrons. The predicted octanol–water partition coefficient (Wildman–Crippen LogP) is 2.17. The van der Waals surface area contributed by atoms with Gasteiger partial charge in [0.25, 0.3) is 0 Å². The van der Waals surface area contributed by atoms with E-state index in [-0.39, 0.29) is 0 Å². The van der Waals surface area contributed by atoms with Gasteiger partial charge in [-0.15, -0.1) is 0 Å². The Balaban J connectivity index is 2.31. The second kappa shape index (κ2) is 4.60. The van der Waals surface area contributed by atoms with Crippen LogP contribution in [0, 0.1) is 6.92 Å². The molecule has 0 aliphatic heterocycles. The Kier molecular flexibility index (Phi) is 3.14. The van der Waals surface area contributed by atoms with Gasteiger partial charge in [0.15, 0.2) is 0 Å². The lowest BCUT2D eigenvalue weighted by Gasteiger charge is -2.14. The van der Waals surface area contributed by atoms with Crippen LogP contribution in [0.4, 0.5) is 11.4 Å². The average Bonchev–Trinajstić information content (AvgIpc) is 2.56. The Morgan fingerprint density at radius 2 is 2.06 bits per heavy atom. The molecule has 5 heteroatoms. The van der Waals surface area contributed by atoms with Gasteiger partial charge < -0.3 is 15.4 Å². The fraction of sp³-hybridized carbons (Fsp3) is 0.308. The Hall–Kier alpha value is -2.17. The number of hydrogen-bond donors (Lipinski definition) is 1. The highest BCUT2D eigenvalue weighted by Gasteiger charge is 2.12. The molecule has 1 aromatic heterocycles. The topological polar surface area (TPSA) is 56.3 Å². The summed E-state index contributed by atoms with van der Waals surface area (Å²) in [7, 11) is 5.79. The summed E-state index contributed by atoms with van der Waals surface area (Å²) in [4.78, 5) is 2.02. The molecule has 0 radical (unpaired) electrons. The van der Waals surface area contributed by atoms with E-state index in [9.17, 15) is 0 Å². The fourth-order valence-electron chi connectivity index (χ4n) is 1.71. The molecular formula is C13H18N4O. The van der Waals surface area contributed by atoms with Crippen LogP contribution in [0.5, 0.6) is 11.6 Å². The molecule has 1 heterocycles. The van der Waals surface area contributed by atoms with Gasteiger partial charge in [-0.05, 0) is 19.1 Å². The maximum absolute atomic E-state index is 5.93. The summed E-state index contributed by atoms with van der Waals surface area (Å²) >= 11 is 0. The normalized spacial score (nSPS) is 10.4. The van der Waals surface area contributed by atoms with Crippen LogP contribution in [-0.2, 0) is 7.05 Å². The van der Waals surface area contributed by atoms with E-state index in [0.29, 0.717) is 11.6 Å². The third-order valence-electron chi connectivity index (χ3n) is 2.76. The number of hydrogen-bond acceptors (Lipinski definition) is 4. The van der Waals surface area contributed by atoms with E-state index in [2.05, 4.69) is 5.10 Å². The Morgan fingerprint density at radius 3 is 2.61 bits per heavy atom. The third kappa shape index (κ3) is 2.25. The van der Waals surface area contributed by atoms with Crippen molar-refractivity contribution >= 4 is 11.4 Å². The molecule has 2 rings (SSSR count). The minimum Gasteiger partial charge on any atom is -0.437 e. The van der Waals surface area contributed by atoms with Crippen LogP contribution in [-0.4, -0.2) is 23.9 Å². The number of aromatic nitrogens is 2. The average molecular weight is 246 g/mol. The summed E-state index contributed by atoms with van der Waals surface area (Å²) in [6.07, 6.45) is 0. The van der Waals surface area contributed by atoms with Gasteiger partial charge in [0.05, 0.1) is 5.69 Å². The van der Waals surface area contributed by atoms with Crippen molar-refractivity contribution in [2.24, 2.45) is 7.05 Å². The van der Waals surface area contributed by atoms with E-state index >= 15 is 0 Å². The Labute approximate surface area is 107 Å². The van der Waals surface area contributed by atoms with Crippen molar-refractivity contribution in [3.05, 3.63) is 30.0 Å². The largest absolute Gasteiger partial charge is 0.437 e. The minimum absolute atomic E-state index is 0.573. The van der Waals surface area contributed by atoms with Crippen molar-refractivity contribution in [1.82, 2.24) is 9.78 Å². The second-order valence-electron chi connectivity index (χ2n) is 4.42. The van der Waals surface area contributed by atoms with E-state index in [1.165, 1.54) is 0 Å². The first-order valence-electron chi connectivity index (χ1n) is 5.73. The lowest BCUT2D eigenvalue weighted by atomic mass is 10.3. The zero-order valence-corrected chi connectivity index (χ0v) is 11.1. The number of anilines is 2. The van der Waals surface area contributed by atoms with Gasteiger partial charge in [-0.1, -0.05) is 6.07 Å². The molecule has 2 N–H and O–H groups in total. The SMILES string of the molecule is Cc1nn(C)c(Oc2cccc(N(C)C)c2)c1N. The number of benzene rings is 1. The summed E-state index contributed by atoms with van der Waals surface area (Å²) in [6, 6.07) is 7.82. The van der Waals surface area contributed by atoms with E-state index in [4.69, 9.17) is 10.5 Å². The number of nitrogens with two attached hydrogens (primary N) is 1. The van der Waals surface area contributed by atoms with E-state index in [1.807, 2.05) is 57.2 Å². The van der Waals surface area contributed by atoms with Gasteiger partial charge in [-0.3, -0.25) is 0 Å². The highest BCUT2D eigenvalue weighted by atomic mass is 16.5. The van der Waals surface area contributed by atoms with Crippen molar-refractivity contribution in [3.63, 3.8) is 0 Å². The lowest BCUT2D eigenvalue weighted by Crippen LogP contribution is -2.08. The molecule has 0 fully saturated rings. The van der Waals surface area contributed by atoms with Crippen LogP contribution in [0.15, 0.2) is 24.3 Å². The van der Waals surface area contributed by atoms with Crippen molar-refractivity contribution < 1.29 is 4.74 Å². The maximum Gasteiger partial charge on any atom is 0.241 e. The van der Waals surface area contributed by atoms with Gasteiger partial charge in [0.2, 0.25) is 5.88 Å². The van der Waals surface area contributed by atoms with Gasteiger partial charge in [-0.2, -0.15) is 5.10 Å². The Bertz CT molecular complexity index is 560. The summed E-state index contributed by atoms with van der Waals surface area (Å²) in [5.74, 6) is 1.32. The monoisotopic (exact) mass is 246 g/mol. The summed E-state index contributed by atoms with van der Waals surface area (Å²) in [5, 5.41) is 4.22. The standard InChI is InChI=1S/C13H18N4O/c1-9-12(14)13(17(4)15-9)18-11-7-5-6-10(8-11)16(2)3/h5-8H,14H2,1-4H3. The molecule has 5 nitrogen and oxygen atoms in total. The molecule has 0 aliphatic rings. The molecule has 1 aromatic carbocycles. The number of nitrogen functional groups attached to an aromatic ring is 1. The summed E-state index contributed by atoms with van der Waals surface area (Å²) < 4.78 is 7.45. The molecule has 0 saturated heterocycles.